The minimum atomic E-state index is -4.88. The van der Waals surface area contributed by atoms with Crippen molar-refractivity contribution in [3.8, 4) is 5.75 Å². The molecular weight excluding hydrogens is 449 g/mol. The maximum Gasteiger partial charge on any atom is 0.279 e. The van der Waals surface area contributed by atoms with Gasteiger partial charge in [-0.25, -0.2) is 0 Å². The highest BCUT2D eigenvalue weighted by Crippen LogP contribution is 2.50. The number of benzene rings is 2. The number of hydrogen-bond acceptors (Lipinski definition) is 5. The van der Waals surface area contributed by atoms with Crippen molar-refractivity contribution in [1.29, 1.82) is 0 Å². The van der Waals surface area contributed by atoms with Gasteiger partial charge in [-0.1, -0.05) is 48.3 Å². The number of para-hydroxylation sites is 1. The second-order valence-electron chi connectivity index (χ2n) is 7.32. The Morgan fingerprint density at radius 2 is 1.93 bits per heavy atom. The summed E-state index contributed by atoms with van der Waals surface area (Å²) in [5, 5.41) is 3.71. The number of ether oxygens (including phenoxy) is 1. The number of carbonyl (C=O) groups is 1. The zero-order chi connectivity index (χ0) is 22.2. The number of halogens is 2. The van der Waals surface area contributed by atoms with Crippen LogP contribution in [-0.4, -0.2) is 43.7 Å². The highest BCUT2D eigenvalue weighted by Gasteiger charge is 2.65. The van der Waals surface area contributed by atoms with Crippen LogP contribution in [0.2, 0.25) is 10.0 Å². The molecule has 3 rings (SSSR count). The number of Topliss-reactive ketones (excluding diaryl/α,β-unsaturated/α-hetero) is 1. The summed E-state index contributed by atoms with van der Waals surface area (Å²) < 4.78 is 39.8. The summed E-state index contributed by atoms with van der Waals surface area (Å²) >= 11 is 12.3. The highest BCUT2D eigenvalue weighted by molar-refractivity contribution is 7.88. The lowest BCUT2D eigenvalue weighted by atomic mass is 9.65. The van der Waals surface area contributed by atoms with E-state index in [1.807, 2.05) is 0 Å². The van der Waals surface area contributed by atoms with Crippen LogP contribution in [0.5, 0.6) is 5.75 Å². The molecule has 1 aliphatic rings. The van der Waals surface area contributed by atoms with Crippen LogP contribution >= 0.6 is 23.2 Å². The van der Waals surface area contributed by atoms with Gasteiger partial charge >= 0.3 is 0 Å². The third-order valence-electron chi connectivity index (χ3n) is 6.06. The van der Waals surface area contributed by atoms with Crippen LogP contribution in [0.25, 0.3) is 0 Å². The summed E-state index contributed by atoms with van der Waals surface area (Å²) in [5.74, 6) is -0.487. The van der Waals surface area contributed by atoms with Crippen LogP contribution < -0.4 is 10.1 Å². The van der Waals surface area contributed by atoms with Gasteiger partial charge in [0.15, 0.2) is 10.5 Å². The molecule has 2 unspecified atom stereocenters. The SMILES string of the molecule is CCC(C(=O)c1ccccc1OC)(C1(c2ccc(Cl)c(Cl)c2)CCNC1)S(=O)(=O)O. The van der Waals surface area contributed by atoms with Gasteiger partial charge in [0.2, 0.25) is 0 Å². The smallest absolute Gasteiger partial charge is 0.279 e. The molecule has 30 heavy (non-hydrogen) atoms. The van der Waals surface area contributed by atoms with Gasteiger partial charge in [-0.3, -0.25) is 9.35 Å². The number of ketones is 1. The lowest BCUT2D eigenvalue weighted by Gasteiger charge is -2.45. The molecule has 9 heteroatoms. The van der Waals surface area contributed by atoms with Crippen molar-refractivity contribution in [3.05, 3.63) is 63.6 Å². The Morgan fingerprint density at radius 3 is 2.47 bits per heavy atom. The summed E-state index contributed by atoms with van der Waals surface area (Å²) in [7, 11) is -3.48. The topological polar surface area (TPSA) is 92.7 Å². The second-order valence-corrected chi connectivity index (χ2v) is 9.78. The normalized spacial score (nSPS) is 21.2. The average Bonchev–Trinajstić information content (AvgIpc) is 3.20. The van der Waals surface area contributed by atoms with E-state index in [1.165, 1.54) is 13.2 Å². The number of rotatable bonds is 7. The molecule has 6 nitrogen and oxygen atoms in total. The van der Waals surface area contributed by atoms with Crippen molar-refractivity contribution in [2.75, 3.05) is 20.2 Å². The molecule has 1 aliphatic heterocycles. The van der Waals surface area contributed by atoms with Crippen LogP contribution in [0.15, 0.2) is 42.5 Å². The molecule has 0 amide bonds. The number of hydrogen-bond donors (Lipinski definition) is 2. The Bertz CT molecular complexity index is 1070. The third-order valence-corrected chi connectivity index (χ3v) is 8.54. The molecule has 2 aromatic rings. The first-order chi connectivity index (χ1) is 14.1. The summed E-state index contributed by atoms with van der Waals surface area (Å²) in [6.07, 6.45) is 0.157. The summed E-state index contributed by atoms with van der Waals surface area (Å²) in [6, 6.07) is 11.2. The van der Waals surface area contributed by atoms with E-state index < -0.39 is 26.1 Å². The monoisotopic (exact) mass is 471 g/mol. The zero-order valence-corrected chi connectivity index (χ0v) is 18.9. The number of nitrogens with one attached hydrogen (secondary N) is 1. The maximum absolute atomic E-state index is 13.9. The van der Waals surface area contributed by atoms with Gasteiger partial charge < -0.3 is 10.1 Å². The largest absolute Gasteiger partial charge is 0.496 e. The fourth-order valence-corrected chi connectivity index (χ4v) is 6.42. The van der Waals surface area contributed by atoms with Gasteiger partial charge in [0.1, 0.15) is 5.75 Å². The van der Waals surface area contributed by atoms with Crippen molar-refractivity contribution in [1.82, 2.24) is 5.32 Å². The molecule has 0 bridgehead atoms. The Hall–Kier alpha value is -1.64. The van der Waals surface area contributed by atoms with Crippen LogP contribution in [0.1, 0.15) is 35.7 Å². The van der Waals surface area contributed by atoms with Crippen molar-refractivity contribution >= 4 is 39.1 Å². The molecule has 2 atom stereocenters. The van der Waals surface area contributed by atoms with Gasteiger partial charge in [-0.2, -0.15) is 8.42 Å². The first-order valence-electron chi connectivity index (χ1n) is 9.45. The number of carbonyl (C=O) groups excluding carboxylic acids is 1. The Labute approximate surface area is 186 Å². The van der Waals surface area contributed by atoms with Crippen molar-refractivity contribution in [2.24, 2.45) is 0 Å². The van der Waals surface area contributed by atoms with Crippen molar-refractivity contribution in [2.45, 2.75) is 29.9 Å². The molecule has 0 spiro atoms. The molecule has 2 aromatic carbocycles. The molecule has 0 saturated carbocycles. The predicted octanol–water partition coefficient (Wildman–Crippen LogP) is 4.15. The second kappa shape index (κ2) is 8.48. The van der Waals surface area contributed by atoms with Crippen LogP contribution in [0.3, 0.4) is 0 Å². The van der Waals surface area contributed by atoms with E-state index in [0.717, 1.165) is 0 Å². The predicted molar refractivity (Wildman–Crippen MR) is 118 cm³/mol. The summed E-state index contributed by atoms with van der Waals surface area (Å²) in [4.78, 5) is 13.9. The van der Waals surface area contributed by atoms with E-state index in [4.69, 9.17) is 27.9 Å². The van der Waals surface area contributed by atoms with Gasteiger partial charge in [0.25, 0.3) is 10.1 Å². The van der Waals surface area contributed by atoms with Gasteiger partial charge in [-0.05, 0) is 49.2 Å². The fourth-order valence-electron chi connectivity index (χ4n) is 4.62. The van der Waals surface area contributed by atoms with E-state index in [1.54, 1.807) is 43.3 Å². The fraction of sp³-hybridized carbons (Fsp3) is 0.381. The van der Waals surface area contributed by atoms with Crippen LogP contribution in [-0.2, 0) is 15.5 Å². The summed E-state index contributed by atoms with van der Waals surface area (Å²) in [6.45, 7) is 2.22. The summed E-state index contributed by atoms with van der Waals surface area (Å²) in [5.41, 5.74) is -0.656. The Morgan fingerprint density at radius 1 is 1.23 bits per heavy atom. The van der Waals surface area contributed by atoms with Crippen molar-refractivity contribution in [3.63, 3.8) is 0 Å². The van der Waals surface area contributed by atoms with E-state index in [0.29, 0.717) is 23.6 Å². The minimum absolute atomic E-state index is 0.0887. The lowest BCUT2D eigenvalue weighted by molar-refractivity contribution is 0.0865. The van der Waals surface area contributed by atoms with E-state index in [2.05, 4.69) is 5.32 Å². The molecule has 0 aromatic heterocycles. The highest BCUT2D eigenvalue weighted by atomic mass is 35.5. The first-order valence-corrected chi connectivity index (χ1v) is 11.7. The first kappa shape index (κ1) is 23.0. The Kier molecular flexibility index (Phi) is 6.51. The molecule has 0 aliphatic carbocycles. The van der Waals surface area contributed by atoms with Gasteiger partial charge in [0, 0.05) is 12.0 Å². The van der Waals surface area contributed by atoms with Gasteiger partial charge in [-0.15, -0.1) is 0 Å². The third kappa shape index (κ3) is 3.42. The van der Waals surface area contributed by atoms with Crippen LogP contribution in [0, 0.1) is 0 Å². The quantitative estimate of drug-likeness (QED) is 0.465. The Balaban J connectivity index is 2.36. The van der Waals surface area contributed by atoms with E-state index in [9.17, 15) is 17.8 Å². The lowest BCUT2D eigenvalue weighted by Crippen LogP contribution is -2.62. The molecule has 1 saturated heterocycles. The molecule has 0 radical (unpaired) electrons. The van der Waals surface area contributed by atoms with E-state index >= 15 is 0 Å². The van der Waals surface area contributed by atoms with E-state index in [-0.39, 0.29) is 29.3 Å². The average molecular weight is 472 g/mol. The van der Waals surface area contributed by atoms with Gasteiger partial charge in [0.05, 0.1) is 22.7 Å². The van der Waals surface area contributed by atoms with Crippen molar-refractivity contribution < 1.29 is 22.5 Å². The molecular formula is C21H23Cl2NO5S. The maximum atomic E-state index is 13.9. The molecule has 1 fully saturated rings. The molecule has 1 heterocycles. The molecule has 2 N–H and O–H groups in total. The van der Waals surface area contributed by atoms with Crippen LogP contribution in [0.4, 0.5) is 0 Å². The number of methoxy groups -OCH3 is 1. The molecule has 162 valence electrons. The standard InChI is InChI=1S/C21H23Cl2NO5S/c1-3-21(30(26,27)28,19(25)15-6-4-5-7-18(15)29-2)20(10-11-24-13-20)14-8-9-16(22)17(23)12-14/h4-9,12,24H,3,10-11,13H2,1-2H3,(H,26,27,28). The zero-order valence-electron chi connectivity index (χ0n) is 16.6. The minimum Gasteiger partial charge on any atom is -0.496 e.